The second-order valence-electron chi connectivity index (χ2n) is 5.50. The van der Waals surface area contributed by atoms with Crippen molar-refractivity contribution in [3.8, 4) is 0 Å². The van der Waals surface area contributed by atoms with Gasteiger partial charge in [0.1, 0.15) is 11.0 Å². The van der Waals surface area contributed by atoms with Crippen LogP contribution in [0, 0.1) is 6.92 Å². The Labute approximate surface area is 125 Å². The summed E-state index contributed by atoms with van der Waals surface area (Å²) < 4.78 is 0. The molecular formula is C17H19ClN2. The molecule has 0 amide bonds. The van der Waals surface area contributed by atoms with Crippen molar-refractivity contribution >= 4 is 11.6 Å². The molecule has 1 aromatic heterocycles. The minimum atomic E-state index is 0.395. The molecule has 2 nitrogen and oxygen atoms in total. The maximum absolute atomic E-state index is 6.30. The molecule has 0 spiro atoms. The van der Waals surface area contributed by atoms with Crippen molar-refractivity contribution in [2.75, 3.05) is 0 Å². The Hall–Kier alpha value is -1.41. The number of aryl methyl sites for hydroxylation is 2. The van der Waals surface area contributed by atoms with Crippen molar-refractivity contribution in [2.45, 2.75) is 45.4 Å². The zero-order chi connectivity index (χ0) is 14.1. The molecule has 1 aromatic carbocycles. The van der Waals surface area contributed by atoms with Crippen LogP contribution in [0.25, 0.3) is 0 Å². The second-order valence-corrected chi connectivity index (χ2v) is 5.86. The lowest BCUT2D eigenvalue weighted by atomic mass is 9.83. The Kier molecular flexibility index (Phi) is 3.75. The smallest absolute Gasteiger partial charge is 0.136 e. The fraction of sp³-hybridized carbons (Fsp3) is 0.412. The third-order valence-electron chi connectivity index (χ3n) is 4.25. The number of fused-ring (bicyclic) bond motifs is 1. The van der Waals surface area contributed by atoms with Gasteiger partial charge in [-0.25, -0.2) is 9.97 Å². The molecule has 1 aliphatic rings. The van der Waals surface area contributed by atoms with E-state index in [1.54, 1.807) is 0 Å². The number of benzene rings is 1. The summed E-state index contributed by atoms with van der Waals surface area (Å²) >= 11 is 6.30. The van der Waals surface area contributed by atoms with E-state index in [1.807, 2.05) is 6.92 Å². The zero-order valence-electron chi connectivity index (χ0n) is 12.0. The highest BCUT2D eigenvalue weighted by molar-refractivity contribution is 6.30. The lowest BCUT2D eigenvalue weighted by Crippen LogP contribution is -2.16. The van der Waals surface area contributed by atoms with E-state index >= 15 is 0 Å². The molecule has 3 rings (SSSR count). The molecule has 0 bridgehead atoms. The molecule has 20 heavy (non-hydrogen) atoms. The maximum Gasteiger partial charge on any atom is 0.136 e. The molecule has 1 atom stereocenters. The largest absolute Gasteiger partial charge is 0.238 e. The van der Waals surface area contributed by atoms with Gasteiger partial charge >= 0.3 is 0 Å². The fourth-order valence-electron chi connectivity index (χ4n) is 3.08. The zero-order valence-corrected chi connectivity index (χ0v) is 12.7. The number of aromatic nitrogens is 2. The molecule has 0 saturated heterocycles. The number of rotatable bonds is 2. The average molecular weight is 287 g/mol. The van der Waals surface area contributed by atoms with E-state index < -0.39 is 0 Å². The first-order valence-corrected chi connectivity index (χ1v) is 7.66. The first-order chi connectivity index (χ1) is 9.69. The Bertz CT molecular complexity index is 614. The average Bonchev–Trinajstić information content (AvgIpc) is 2.46. The molecule has 0 aliphatic heterocycles. The summed E-state index contributed by atoms with van der Waals surface area (Å²) in [6, 6.07) is 8.67. The lowest BCUT2D eigenvalue weighted by Gasteiger charge is -2.24. The molecule has 2 aromatic rings. The van der Waals surface area contributed by atoms with E-state index in [9.17, 15) is 0 Å². The quantitative estimate of drug-likeness (QED) is 0.770. The normalized spacial score (nSPS) is 17.9. The highest BCUT2D eigenvalue weighted by Crippen LogP contribution is 2.32. The van der Waals surface area contributed by atoms with Crippen molar-refractivity contribution < 1.29 is 0 Å². The highest BCUT2D eigenvalue weighted by atomic mass is 35.5. The van der Waals surface area contributed by atoms with Crippen LogP contribution in [0.5, 0.6) is 0 Å². The summed E-state index contributed by atoms with van der Waals surface area (Å²) in [7, 11) is 0. The SMILES string of the molecule is CCc1c(C)nc(C2CCc3ccccc3C2)nc1Cl. The van der Waals surface area contributed by atoms with E-state index in [0.717, 1.165) is 42.8 Å². The standard InChI is InChI=1S/C17H19ClN2/c1-3-15-11(2)19-17(20-16(15)18)14-9-8-12-6-4-5-7-13(12)10-14/h4-7,14H,3,8-10H2,1-2H3. The third kappa shape index (κ3) is 2.45. The van der Waals surface area contributed by atoms with Crippen molar-refractivity contribution in [1.29, 1.82) is 0 Å². The Morgan fingerprint density at radius 1 is 1.20 bits per heavy atom. The number of nitrogens with zero attached hydrogens (tertiary/aromatic N) is 2. The molecule has 1 aliphatic carbocycles. The molecule has 1 heterocycles. The van der Waals surface area contributed by atoms with Gasteiger partial charge in [-0.1, -0.05) is 42.8 Å². The Balaban J connectivity index is 1.92. The van der Waals surface area contributed by atoms with Gasteiger partial charge in [0.25, 0.3) is 0 Å². The number of hydrogen-bond donors (Lipinski definition) is 0. The molecular weight excluding hydrogens is 268 g/mol. The van der Waals surface area contributed by atoms with Gasteiger partial charge in [0.2, 0.25) is 0 Å². The van der Waals surface area contributed by atoms with Gasteiger partial charge in [0, 0.05) is 17.2 Å². The second kappa shape index (κ2) is 5.53. The molecule has 0 radical (unpaired) electrons. The molecule has 0 saturated carbocycles. The van der Waals surface area contributed by atoms with Crippen LogP contribution in [0.3, 0.4) is 0 Å². The van der Waals surface area contributed by atoms with E-state index in [-0.39, 0.29) is 0 Å². The van der Waals surface area contributed by atoms with E-state index in [1.165, 1.54) is 11.1 Å². The van der Waals surface area contributed by atoms with Gasteiger partial charge in [-0.3, -0.25) is 0 Å². The molecule has 0 N–H and O–H groups in total. The van der Waals surface area contributed by atoms with E-state index in [0.29, 0.717) is 11.1 Å². The summed E-state index contributed by atoms with van der Waals surface area (Å²) in [5.74, 6) is 1.31. The summed E-state index contributed by atoms with van der Waals surface area (Å²) in [4.78, 5) is 9.26. The van der Waals surface area contributed by atoms with Crippen molar-refractivity contribution in [3.63, 3.8) is 0 Å². The maximum atomic E-state index is 6.30. The van der Waals surface area contributed by atoms with Crippen molar-refractivity contribution in [3.05, 3.63) is 57.6 Å². The van der Waals surface area contributed by atoms with Gasteiger partial charge in [0.05, 0.1) is 0 Å². The van der Waals surface area contributed by atoms with Crippen LogP contribution in [-0.2, 0) is 19.3 Å². The summed E-state index contributed by atoms with van der Waals surface area (Å²) in [6.45, 7) is 4.13. The van der Waals surface area contributed by atoms with Gasteiger partial charge in [0.15, 0.2) is 0 Å². The first-order valence-electron chi connectivity index (χ1n) is 7.28. The minimum Gasteiger partial charge on any atom is -0.238 e. The number of halogens is 1. The Morgan fingerprint density at radius 3 is 2.65 bits per heavy atom. The van der Waals surface area contributed by atoms with Crippen LogP contribution in [-0.4, -0.2) is 9.97 Å². The summed E-state index contributed by atoms with van der Waals surface area (Å²) in [5.41, 5.74) is 5.01. The van der Waals surface area contributed by atoms with Crippen molar-refractivity contribution in [2.24, 2.45) is 0 Å². The molecule has 104 valence electrons. The van der Waals surface area contributed by atoms with Crippen LogP contribution >= 0.6 is 11.6 Å². The fourth-order valence-corrected chi connectivity index (χ4v) is 3.44. The predicted octanol–water partition coefficient (Wildman–Crippen LogP) is 4.27. The first kappa shape index (κ1) is 13.6. The molecule has 1 unspecified atom stereocenters. The van der Waals surface area contributed by atoms with Crippen LogP contribution in [0.1, 0.15) is 47.5 Å². The lowest BCUT2D eigenvalue weighted by molar-refractivity contribution is 0.552. The molecule has 3 heteroatoms. The highest BCUT2D eigenvalue weighted by Gasteiger charge is 2.23. The van der Waals surface area contributed by atoms with Gasteiger partial charge in [-0.2, -0.15) is 0 Å². The minimum absolute atomic E-state index is 0.395. The van der Waals surface area contributed by atoms with Gasteiger partial charge < -0.3 is 0 Å². The van der Waals surface area contributed by atoms with Crippen LogP contribution in [0.4, 0.5) is 0 Å². The van der Waals surface area contributed by atoms with Crippen molar-refractivity contribution in [1.82, 2.24) is 9.97 Å². The third-order valence-corrected chi connectivity index (χ3v) is 4.56. The topological polar surface area (TPSA) is 25.8 Å². The van der Waals surface area contributed by atoms with Crippen LogP contribution < -0.4 is 0 Å². The monoisotopic (exact) mass is 286 g/mol. The van der Waals surface area contributed by atoms with Crippen LogP contribution in [0.15, 0.2) is 24.3 Å². The van der Waals surface area contributed by atoms with E-state index in [2.05, 4.69) is 36.2 Å². The van der Waals surface area contributed by atoms with Gasteiger partial charge in [-0.05, 0) is 43.7 Å². The Morgan fingerprint density at radius 2 is 1.95 bits per heavy atom. The predicted molar refractivity (Wildman–Crippen MR) is 82.4 cm³/mol. The summed E-state index contributed by atoms with van der Waals surface area (Å²) in [5, 5.41) is 0.633. The number of hydrogen-bond acceptors (Lipinski definition) is 2. The van der Waals surface area contributed by atoms with Crippen LogP contribution in [0.2, 0.25) is 5.15 Å². The summed E-state index contributed by atoms with van der Waals surface area (Å²) in [6.07, 6.45) is 4.13. The molecule has 0 fully saturated rings. The van der Waals surface area contributed by atoms with E-state index in [4.69, 9.17) is 16.6 Å². The van der Waals surface area contributed by atoms with Gasteiger partial charge in [-0.15, -0.1) is 0 Å².